The zero-order valence-corrected chi connectivity index (χ0v) is 31.0. The number of rotatable bonds is 5. The van der Waals surface area contributed by atoms with Gasteiger partial charge in [0, 0.05) is 55.7 Å². The summed E-state index contributed by atoms with van der Waals surface area (Å²) >= 11 is 0. The minimum atomic E-state index is 0.602. The average molecular weight is 746 g/mol. The van der Waals surface area contributed by atoms with E-state index in [9.17, 15) is 0 Å². The Kier molecular flexibility index (Phi) is 7.09. The number of para-hydroxylation sites is 4. The smallest absolute Gasteiger partial charge is 0.172 e. The van der Waals surface area contributed by atoms with Crippen molar-refractivity contribution < 1.29 is 9.47 Å². The summed E-state index contributed by atoms with van der Waals surface area (Å²) in [4.78, 5) is 15.1. The van der Waals surface area contributed by atoms with E-state index in [0.29, 0.717) is 40.5 Å². The molecule has 3 aromatic heterocycles. The molecule has 7 heteroatoms. The Bertz CT molecular complexity index is 3340. The van der Waals surface area contributed by atoms with Crippen molar-refractivity contribution in [1.82, 2.24) is 24.1 Å². The van der Waals surface area contributed by atoms with Gasteiger partial charge in [0.1, 0.15) is 0 Å². The Hall–Kier alpha value is -8.03. The number of aromatic nitrogens is 5. The molecule has 0 aliphatic carbocycles. The number of fused-ring (bicyclic) bond motifs is 9. The van der Waals surface area contributed by atoms with Crippen LogP contribution in [0.5, 0.6) is 23.0 Å². The van der Waals surface area contributed by atoms with Gasteiger partial charge in [-0.1, -0.05) is 127 Å². The molecular weight excluding hydrogens is 715 g/mol. The topological polar surface area (TPSA) is 67.0 Å². The van der Waals surface area contributed by atoms with Crippen LogP contribution in [0.25, 0.3) is 89.2 Å². The van der Waals surface area contributed by atoms with E-state index < -0.39 is 0 Å². The van der Waals surface area contributed by atoms with Gasteiger partial charge < -0.3 is 18.6 Å². The first-order valence-electron chi connectivity index (χ1n) is 19.3. The first-order valence-corrected chi connectivity index (χ1v) is 19.3. The Morgan fingerprint density at radius 2 is 0.879 bits per heavy atom. The maximum Gasteiger partial charge on any atom is 0.172 e. The van der Waals surface area contributed by atoms with Gasteiger partial charge in [-0.2, -0.15) is 0 Å². The highest BCUT2D eigenvalue weighted by atomic mass is 16.6. The summed E-state index contributed by atoms with van der Waals surface area (Å²) in [5.74, 6) is 4.60. The zero-order valence-electron chi connectivity index (χ0n) is 31.0. The first kappa shape index (κ1) is 32.2. The van der Waals surface area contributed by atoms with E-state index in [1.165, 1.54) is 0 Å². The van der Waals surface area contributed by atoms with Crippen LogP contribution in [0.3, 0.4) is 0 Å². The normalized spacial score (nSPS) is 12.1. The molecule has 12 rings (SSSR count). The summed E-state index contributed by atoms with van der Waals surface area (Å²) in [5, 5.41) is 4.48. The second-order valence-electron chi connectivity index (χ2n) is 14.4. The molecule has 272 valence electrons. The minimum absolute atomic E-state index is 0.602. The third-order valence-corrected chi connectivity index (χ3v) is 11.0. The van der Waals surface area contributed by atoms with Crippen molar-refractivity contribution in [1.29, 1.82) is 0 Å². The average Bonchev–Trinajstić information content (AvgIpc) is 3.80. The standard InChI is InChI=1S/C51H31N5O2/c1-4-15-32(16-5-1)49-52-50(33-17-6-2-7-18-33)54-51(53-49)34-19-14-22-36(29-34)56-40-24-11-10-23-37(40)38-27-28-41-47(48(38)56)39-30-45-46(58-44-26-13-12-25-43(44)57-45)31-42(39)55(41)35-20-8-3-9-21-35/h1-31H. The van der Waals surface area contributed by atoms with Gasteiger partial charge in [0.05, 0.1) is 22.1 Å². The summed E-state index contributed by atoms with van der Waals surface area (Å²) in [5.41, 5.74) is 9.08. The van der Waals surface area contributed by atoms with E-state index in [-0.39, 0.29) is 0 Å². The van der Waals surface area contributed by atoms with Crippen molar-refractivity contribution >= 4 is 43.6 Å². The third-order valence-electron chi connectivity index (χ3n) is 11.0. The second kappa shape index (κ2) is 12.8. The van der Waals surface area contributed by atoms with Crippen molar-refractivity contribution in [3.63, 3.8) is 0 Å². The van der Waals surface area contributed by atoms with E-state index >= 15 is 0 Å². The van der Waals surface area contributed by atoms with Crippen LogP contribution < -0.4 is 9.47 Å². The number of hydrogen-bond acceptors (Lipinski definition) is 5. The summed E-state index contributed by atoms with van der Waals surface area (Å²) < 4.78 is 17.7. The van der Waals surface area contributed by atoms with Crippen molar-refractivity contribution in [3.05, 3.63) is 188 Å². The van der Waals surface area contributed by atoms with Crippen molar-refractivity contribution in [2.24, 2.45) is 0 Å². The van der Waals surface area contributed by atoms with Crippen molar-refractivity contribution in [3.8, 4) is 68.5 Å². The first-order chi connectivity index (χ1) is 28.7. The lowest BCUT2D eigenvalue weighted by atomic mass is 10.1. The molecule has 0 spiro atoms. The summed E-state index contributed by atoms with van der Waals surface area (Å²) in [6.45, 7) is 0. The highest BCUT2D eigenvalue weighted by molar-refractivity contribution is 6.26. The van der Waals surface area contributed by atoms with Crippen LogP contribution in [0.15, 0.2) is 188 Å². The molecule has 0 saturated carbocycles. The number of ether oxygens (including phenoxy) is 2. The molecule has 0 amide bonds. The van der Waals surface area contributed by atoms with Gasteiger partial charge >= 0.3 is 0 Å². The van der Waals surface area contributed by atoms with Gasteiger partial charge in [-0.25, -0.2) is 15.0 Å². The largest absolute Gasteiger partial charge is 0.449 e. The number of nitrogens with zero attached hydrogens (tertiary/aromatic N) is 5. The van der Waals surface area contributed by atoms with E-state index in [2.05, 4.69) is 106 Å². The van der Waals surface area contributed by atoms with Gasteiger partial charge in [-0.15, -0.1) is 0 Å². The predicted octanol–water partition coefficient (Wildman–Crippen LogP) is 13.0. The molecule has 58 heavy (non-hydrogen) atoms. The second-order valence-corrected chi connectivity index (χ2v) is 14.4. The highest BCUT2D eigenvalue weighted by Gasteiger charge is 2.26. The van der Waals surface area contributed by atoms with Crippen LogP contribution in [0.1, 0.15) is 0 Å². The molecule has 0 saturated heterocycles. The molecule has 0 atom stereocenters. The highest BCUT2D eigenvalue weighted by Crippen LogP contribution is 2.50. The molecule has 11 aromatic rings. The molecular formula is C51H31N5O2. The Labute approximate surface area is 332 Å². The van der Waals surface area contributed by atoms with Gasteiger partial charge in [0.2, 0.25) is 0 Å². The lowest BCUT2D eigenvalue weighted by molar-refractivity contribution is 0.360. The molecule has 0 radical (unpaired) electrons. The quantitative estimate of drug-likeness (QED) is 0.175. The summed E-state index contributed by atoms with van der Waals surface area (Å²) in [6.07, 6.45) is 0. The van der Waals surface area contributed by atoms with E-state index in [1.54, 1.807) is 0 Å². The molecule has 7 nitrogen and oxygen atoms in total. The van der Waals surface area contributed by atoms with Gasteiger partial charge in [0.25, 0.3) is 0 Å². The predicted molar refractivity (Wildman–Crippen MR) is 231 cm³/mol. The van der Waals surface area contributed by atoms with Crippen LogP contribution >= 0.6 is 0 Å². The number of hydrogen-bond donors (Lipinski definition) is 0. The van der Waals surface area contributed by atoms with Crippen LogP contribution in [0.4, 0.5) is 0 Å². The minimum Gasteiger partial charge on any atom is -0.449 e. The van der Waals surface area contributed by atoms with E-state index in [0.717, 1.165) is 71.7 Å². The van der Waals surface area contributed by atoms with Crippen molar-refractivity contribution in [2.75, 3.05) is 0 Å². The number of benzene rings is 8. The van der Waals surface area contributed by atoms with Crippen LogP contribution in [-0.2, 0) is 0 Å². The Morgan fingerprint density at radius 3 is 1.57 bits per heavy atom. The van der Waals surface area contributed by atoms with Crippen LogP contribution in [0.2, 0.25) is 0 Å². The molecule has 0 unspecified atom stereocenters. The van der Waals surface area contributed by atoms with E-state index in [1.807, 2.05) is 91.0 Å². The maximum atomic E-state index is 6.52. The molecule has 0 N–H and O–H groups in total. The lowest BCUT2D eigenvalue weighted by Gasteiger charge is -2.20. The molecule has 4 heterocycles. The fourth-order valence-electron chi connectivity index (χ4n) is 8.42. The Balaban J connectivity index is 1.13. The van der Waals surface area contributed by atoms with Gasteiger partial charge in [-0.05, 0) is 54.6 Å². The zero-order chi connectivity index (χ0) is 38.2. The van der Waals surface area contributed by atoms with Crippen LogP contribution in [0, 0.1) is 0 Å². The Morgan fingerprint density at radius 1 is 0.328 bits per heavy atom. The third kappa shape index (κ3) is 5.04. The van der Waals surface area contributed by atoms with Crippen LogP contribution in [-0.4, -0.2) is 24.1 Å². The van der Waals surface area contributed by atoms with E-state index in [4.69, 9.17) is 24.4 Å². The van der Waals surface area contributed by atoms with Crippen molar-refractivity contribution in [2.45, 2.75) is 0 Å². The van der Waals surface area contributed by atoms with Gasteiger partial charge in [0.15, 0.2) is 40.5 Å². The summed E-state index contributed by atoms with van der Waals surface area (Å²) in [7, 11) is 0. The fraction of sp³-hybridized carbons (Fsp3) is 0. The molecule has 0 bridgehead atoms. The molecule has 0 fully saturated rings. The van der Waals surface area contributed by atoms with Gasteiger partial charge in [-0.3, -0.25) is 0 Å². The molecule has 1 aliphatic heterocycles. The maximum absolute atomic E-state index is 6.52. The molecule has 8 aromatic carbocycles. The molecule has 1 aliphatic rings. The lowest BCUT2D eigenvalue weighted by Crippen LogP contribution is -2.01. The summed E-state index contributed by atoms with van der Waals surface area (Å²) in [6, 6.07) is 64.4. The fourth-order valence-corrected chi connectivity index (χ4v) is 8.42. The SMILES string of the molecule is c1ccc(-c2nc(-c3ccccc3)nc(-c3cccc(-n4c5ccccc5c5ccc6c(c7cc8c(cc7n6-c6ccccc6)Oc6ccccc6O8)c54)c3)n2)cc1. The monoisotopic (exact) mass is 745 g/mol.